The lowest BCUT2D eigenvalue weighted by atomic mass is 9.71. The average molecular weight is 284 g/mol. The van der Waals surface area contributed by atoms with Crippen LogP contribution in [0.25, 0.3) is 0 Å². The molecule has 0 saturated heterocycles. The summed E-state index contributed by atoms with van der Waals surface area (Å²) in [6.45, 7) is 4.91. The number of carboxylic acid groups (broad SMARTS) is 1. The van der Waals surface area contributed by atoms with Crippen molar-refractivity contribution in [1.82, 2.24) is 4.90 Å². The normalized spacial score (nSPS) is 19.4. The van der Waals surface area contributed by atoms with Crippen molar-refractivity contribution in [3.63, 3.8) is 0 Å². The Bertz CT molecular complexity index is 338. The molecular formula is C15H28N2O3. The summed E-state index contributed by atoms with van der Waals surface area (Å²) in [5, 5.41) is 8.97. The van der Waals surface area contributed by atoms with E-state index in [9.17, 15) is 9.59 Å². The molecule has 0 radical (unpaired) electrons. The minimum atomic E-state index is -0.859. The summed E-state index contributed by atoms with van der Waals surface area (Å²) in [6, 6.07) is 0. The van der Waals surface area contributed by atoms with E-state index in [0.29, 0.717) is 19.5 Å². The number of aliphatic carboxylic acids is 1. The van der Waals surface area contributed by atoms with Crippen LogP contribution in [0.4, 0.5) is 0 Å². The zero-order chi connectivity index (χ0) is 15.2. The maximum Gasteiger partial charge on any atom is 0.308 e. The van der Waals surface area contributed by atoms with Crippen molar-refractivity contribution < 1.29 is 14.7 Å². The molecule has 116 valence electrons. The van der Waals surface area contributed by atoms with E-state index in [1.807, 2.05) is 6.92 Å². The van der Waals surface area contributed by atoms with Gasteiger partial charge in [-0.2, -0.15) is 0 Å². The molecule has 5 heteroatoms. The van der Waals surface area contributed by atoms with Crippen LogP contribution in [0.5, 0.6) is 0 Å². The zero-order valence-corrected chi connectivity index (χ0v) is 12.7. The van der Waals surface area contributed by atoms with Crippen molar-refractivity contribution in [3.05, 3.63) is 0 Å². The third-order valence-corrected chi connectivity index (χ3v) is 4.52. The van der Waals surface area contributed by atoms with Gasteiger partial charge in [-0.25, -0.2) is 0 Å². The molecule has 0 aromatic heterocycles. The Kier molecular flexibility index (Phi) is 6.46. The van der Waals surface area contributed by atoms with Gasteiger partial charge in [0.15, 0.2) is 0 Å². The Hall–Kier alpha value is -1.10. The Morgan fingerprint density at radius 1 is 1.30 bits per heavy atom. The molecule has 5 nitrogen and oxygen atoms in total. The van der Waals surface area contributed by atoms with Crippen molar-refractivity contribution in [2.75, 3.05) is 19.6 Å². The first-order valence-corrected chi connectivity index (χ1v) is 7.65. The fourth-order valence-electron chi connectivity index (χ4n) is 3.00. The molecule has 0 heterocycles. The van der Waals surface area contributed by atoms with Gasteiger partial charge in [0.2, 0.25) is 5.91 Å². The van der Waals surface area contributed by atoms with E-state index in [2.05, 4.69) is 0 Å². The van der Waals surface area contributed by atoms with E-state index in [4.69, 9.17) is 10.8 Å². The van der Waals surface area contributed by atoms with E-state index < -0.39 is 11.9 Å². The second kappa shape index (κ2) is 7.62. The van der Waals surface area contributed by atoms with Crippen molar-refractivity contribution >= 4 is 11.9 Å². The van der Waals surface area contributed by atoms with Gasteiger partial charge in [-0.15, -0.1) is 0 Å². The molecule has 1 aliphatic carbocycles. The largest absolute Gasteiger partial charge is 0.481 e. The summed E-state index contributed by atoms with van der Waals surface area (Å²) in [6.07, 6.45) is 6.00. The van der Waals surface area contributed by atoms with Crippen LogP contribution in [0.1, 0.15) is 52.4 Å². The second-order valence-electron chi connectivity index (χ2n) is 6.11. The fraction of sp³-hybridized carbons (Fsp3) is 0.867. The standard InChI is InChI=1S/C15H28N2O3/c1-3-17(10-12(2)14(19)20)13(18)9-15(11-16)7-5-4-6-8-15/h12H,3-11,16H2,1-2H3,(H,19,20). The molecule has 0 bridgehead atoms. The van der Waals surface area contributed by atoms with Gasteiger partial charge in [-0.1, -0.05) is 26.2 Å². The van der Waals surface area contributed by atoms with E-state index in [0.717, 1.165) is 25.7 Å². The van der Waals surface area contributed by atoms with E-state index in [-0.39, 0.29) is 17.9 Å². The minimum Gasteiger partial charge on any atom is -0.481 e. The predicted molar refractivity (Wildman–Crippen MR) is 78.2 cm³/mol. The molecule has 1 rings (SSSR count). The molecule has 1 saturated carbocycles. The molecule has 0 aliphatic heterocycles. The highest BCUT2D eigenvalue weighted by atomic mass is 16.4. The van der Waals surface area contributed by atoms with Gasteiger partial charge in [0.1, 0.15) is 0 Å². The summed E-state index contributed by atoms with van der Waals surface area (Å²) in [4.78, 5) is 25.0. The number of hydrogen-bond acceptors (Lipinski definition) is 3. The number of carbonyl (C=O) groups is 2. The summed E-state index contributed by atoms with van der Waals surface area (Å²) in [5.74, 6) is -1.34. The molecule has 0 aromatic carbocycles. The smallest absolute Gasteiger partial charge is 0.308 e. The number of carboxylic acids is 1. The van der Waals surface area contributed by atoms with Crippen LogP contribution in [0.15, 0.2) is 0 Å². The van der Waals surface area contributed by atoms with Crippen LogP contribution in [-0.4, -0.2) is 41.5 Å². The van der Waals surface area contributed by atoms with E-state index >= 15 is 0 Å². The second-order valence-corrected chi connectivity index (χ2v) is 6.11. The summed E-state index contributed by atoms with van der Waals surface area (Å²) >= 11 is 0. The first kappa shape index (κ1) is 17.0. The average Bonchev–Trinajstić information content (AvgIpc) is 2.45. The summed E-state index contributed by atoms with van der Waals surface area (Å²) in [5.41, 5.74) is 5.85. The molecule has 1 aliphatic rings. The molecule has 3 N–H and O–H groups in total. The van der Waals surface area contributed by atoms with E-state index in [1.165, 1.54) is 6.42 Å². The Morgan fingerprint density at radius 2 is 1.90 bits per heavy atom. The van der Waals surface area contributed by atoms with Crippen molar-refractivity contribution in [2.45, 2.75) is 52.4 Å². The first-order chi connectivity index (χ1) is 9.44. The van der Waals surface area contributed by atoms with Gasteiger partial charge in [-0.3, -0.25) is 9.59 Å². The van der Waals surface area contributed by atoms with Gasteiger partial charge < -0.3 is 15.7 Å². The Labute approximate surface area is 121 Å². The summed E-state index contributed by atoms with van der Waals surface area (Å²) < 4.78 is 0. The van der Waals surface area contributed by atoms with Crippen LogP contribution in [0.2, 0.25) is 0 Å². The lowest BCUT2D eigenvalue weighted by Gasteiger charge is -2.37. The highest BCUT2D eigenvalue weighted by Crippen LogP contribution is 2.38. The van der Waals surface area contributed by atoms with Gasteiger partial charge in [0, 0.05) is 19.5 Å². The molecule has 20 heavy (non-hydrogen) atoms. The first-order valence-electron chi connectivity index (χ1n) is 7.65. The molecular weight excluding hydrogens is 256 g/mol. The Balaban J connectivity index is 2.63. The number of rotatable bonds is 7. The molecule has 0 spiro atoms. The molecule has 1 amide bonds. The van der Waals surface area contributed by atoms with Crippen LogP contribution < -0.4 is 5.73 Å². The maximum atomic E-state index is 12.4. The van der Waals surface area contributed by atoms with Crippen molar-refractivity contribution in [1.29, 1.82) is 0 Å². The van der Waals surface area contributed by atoms with Crippen LogP contribution in [0, 0.1) is 11.3 Å². The third kappa shape index (κ3) is 4.47. The third-order valence-electron chi connectivity index (χ3n) is 4.52. The SMILES string of the molecule is CCN(CC(C)C(=O)O)C(=O)CC1(CN)CCCCC1. The van der Waals surface area contributed by atoms with Crippen LogP contribution >= 0.6 is 0 Å². The number of amides is 1. The lowest BCUT2D eigenvalue weighted by Crippen LogP contribution is -2.42. The van der Waals surface area contributed by atoms with E-state index in [1.54, 1.807) is 11.8 Å². The Morgan fingerprint density at radius 3 is 2.35 bits per heavy atom. The number of hydrogen-bond donors (Lipinski definition) is 2. The monoisotopic (exact) mass is 284 g/mol. The quantitative estimate of drug-likeness (QED) is 0.747. The minimum absolute atomic E-state index is 0.0490. The van der Waals surface area contributed by atoms with Gasteiger partial charge in [0.25, 0.3) is 0 Å². The molecule has 1 unspecified atom stereocenters. The van der Waals surface area contributed by atoms with Gasteiger partial charge in [-0.05, 0) is 31.7 Å². The predicted octanol–water partition coefficient (Wildman–Crippen LogP) is 1.85. The molecule has 1 atom stereocenters. The topological polar surface area (TPSA) is 83.6 Å². The number of carbonyl (C=O) groups excluding carboxylic acids is 1. The van der Waals surface area contributed by atoms with Gasteiger partial charge in [0.05, 0.1) is 5.92 Å². The molecule has 0 aromatic rings. The number of nitrogens with two attached hydrogens (primary N) is 1. The lowest BCUT2D eigenvalue weighted by molar-refractivity contribution is -0.143. The summed E-state index contributed by atoms with van der Waals surface area (Å²) in [7, 11) is 0. The highest BCUT2D eigenvalue weighted by molar-refractivity contribution is 5.78. The fourth-order valence-corrected chi connectivity index (χ4v) is 3.00. The highest BCUT2D eigenvalue weighted by Gasteiger charge is 2.34. The zero-order valence-electron chi connectivity index (χ0n) is 12.7. The number of nitrogens with zero attached hydrogens (tertiary/aromatic N) is 1. The molecule has 1 fully saturated rings. The van der Waals surface area contributed by atoms with Crippen LogP contribution in [0.3, 0.4) is 0 Å². The van der Waals surface area contributed by atoms with Crippen molar-refractivity contribution in [2.24, 2.45) is 17.1 Å². The van der Waals surface area contributed by atoms with Gasteiger partial charge >= 0.3 is 5.97 Å². The van der Waals surface area contributed by atoms with Crippen LogP contribution in [-0.2, 0) is 9.59 Å². The van der Waals surface area contributed by atoms with Crippen molar-refractivity contribution in [3.8, 4) is 0 Å². The maximum absolute atomic E-state index is 12.4.